The molecule has 1 N–H and O–H groups in total. The minimum atomic E-state index is -3.21. The Hall–Kier alpha value is -2.14. The number of benzene rings is 2. The van der Waals surface area contributed by atoms with Crippen molar-refractivity contribution in [2.75, 3.05) is 6.26 Å². The maximum Gasteiger partial charge on any atom is 0.224 e. The van der Waals surface area contributed by atoms with Gasteiger partial charge in [-0.2, -0.15) is 0 Å². The van der Waals surface area contributed by atoms with Gasteiger partial charge in [0.15, 0.2) is 9.84 Å². The first-order valence-corrected chi connectivity index (χ1v) is 10.9. The van der Waals surface area contributed by atoms with Gasteiger partial charge in [0.25, 0.3) is 0 Å². The van der Waals surface area contributed by atoms with Gasteiger partial charge in [0.2, 0.25) is 5.91 Å². The van der Waals surface area contributed by atoms with Crippen LogP contribution in [0.3, 0.4) is 0 Å². The number of carbonyl (C=O) groups excluding carboxylic acids is 1. The summed E-state index contributed by atoms with van der Waals surface area (Å²) in [6, 6.07) is 14.6. The van der Waals surface area contributed by atoms with E-state index in [0.29, 0.717) is 6.42 Å². The Morgan fingerprint density at radius 2 is 1.58 bits per heavy atom. The minimum absolute atomic E-state index is 0.0500. The molecule has 0 fully saturated rings. The molecule has 1 atom stereocenters. The van der Waals surface area contributed by atoms with Gasteiger partial charge in [-0.1, -0.05) is 49.7 Å². The molecule has 0 heterocycles. The molecule has 0 aliphatic carbocycles. The molecule has 1 amide bonds. The summed E-state index contributed by atoms with van der Waals surface area (Å²) >= 11 is 0. The van der Waals surface area contributed by atoms with E-state index >= 15 is 0 Å². The van der Waals surface area contributed by atoms with Crippen LogP contribution in [0, 0.1) is 0 Å². The SMILES string of the molecule is CCCCc1ccc(CC(=O)N[C@H](C)c2ccc(S(C)(=O)=O)cc2)cc1. The van der Waals surface area contributed by atoms with Crippen LogP contribution in [0.5, 0.6) is 0 Å². The molecule has 26 heavy (non-hydrogen) atoms. The summed E-state index contributed by atoms with van der Waals surface area (Å²) in [6.07, 6.45) is 4.94. The number of rotatable bonds is 8. The molecule has 2 aromatic rings. The van der Waals surface area contributed by atoms with Gasteiger partial charge in [-0.25, -0.2) is 8.42 Å². The normalized spacial score (nSPS) is 12.6. The van der Waals surface area contributed by atoms with E-state index in [0.717, 1.165) is 17.5 Å². The summed E-state index contributed by atoms with van der Waals surface area (Å²) in [5.74, 6) is -0.0500. The van der Waals surface area contributed by atoms with Crippen molar-refractivity contribution in [3.63, 3.8) is 0 Å². The zero-order chi connectivity index (χ0) is 19.2. The molecule has 0 radical (unpaired) electrons. The van der Waals surface area contributed by atoms with Gasteiger partial charge in [-0.15, -0.1) is 0 Å². The third kappa shape index (κ3) is 5.99. The van der Waals surface area contributed by atoms with Crippen LogP contribution in [0.2, 0.25) is 0 Å². The first-order chi connectivity index (χ1) is 12.3. The zero-order valence-electron chi connectivity index (χ0n) is 15.7. The van der Waals surface area contributed by atoms with E-state index in [4.69, 9.17) is 0 Å². The van der Waals surface area contributed by atoms with Crippen molar-refractivity contribution in [3.05, 3.63) is 65.2 Å². The van der Waals surface area contributed by atoms with Crippen LogP contribution in [0.1, 0.15) is 49.4 Å². The first-order valence-electron chi connectivity index (χ1n) is 8.97. The standard InChI is InChI=1S/C21H27NO3S/c1-4-5-6-17-7-9-18(10-8-17)15-21(23)22-16(2)19-11-13-20(14-12-19)26(3,24)25/h7-14,16H,4-6,15H2,1-3H3,(H,22,23)/t16-/m1/s1. The second-order valence-electron chi connectivity index (χ2n) is 6.73. The average molecular weight is 374 g/mol. The number of amides is 1. The molecule has 140 valence electrons. The van der Waals surface area contributed by atoms with Gasteiger partial charge in [0.1, 0.15) is 0 Å². The number of nitrogens with one attached hydrogen (secondary N) is 1. The molecule has 0 aliphatic rings. The van der Waals surface area contributed by atoms with Crippen LogP contribution >= 0.6 is 0 Å². The molecule has 0 saturated heterocycles. The average Bonchev–Trinajstić information content (AvgIpc) is 2.60. The monoisotopic (exact) mass is 373 g/mol. The van der Waals surface area contributed by atoms with Crippen molar-refractivity contribution < 1.29 is 13.2 Å². The molecule has 0 unspecified atom stereocenters. The van der Waals surface area contributed by atoms with Crippen molar-refractivity contribution in [2.45, 2.75) is 50.5 Å². The molecule has 0 bridgehead atoms. The van der Waals surface area contributed by atoms with Crippen molar-refractivity contribution in [2.24, 2.45) is 0 Å². The molecule has 2 rings (SSSR count). The van der Waals surface area contributed by atoms with E-state index in [1.165, 1.54) is 24.7 Å². The lowest BCUT2D eigenvalue weighted by Gasteiger charge is -2.15. The lowest BCUT2D eigenvalue weighted by Crippen LogP contribution is -2.28. The molecule has 0 aromatic heterocycles. The molecule has 0 saturated carbocycles. The number of carbonyl (C=O) groups is 1. The third-order valence-corrected chi connectivity index (χ3v) is 5.52. The van der Waals surface area contributed by atoms with Crippen LogP contribution in [0.4, 0.5) is 0 Å². The number of hydrogen-bond acceptors (Lipinski definition) is 3. The molecule has 0 aliphatic heterocycles. The number of sulfone groups is 1. The first kappa shape index (κ1) is 20.2. The molecule has 0 spiro atoms. The zero-order valence-corrected chi connectivity index (χ0v) is 16.5. The Bertz CT molecular complexity index is 825. The quantitative estimate of drug-likeness (QED) is 0.764. The fraction of sp³-hybridized carbons (Fsp3) is 0.381. The number of unbranched alkanes of at least 4 members (excludes halogenated alkanes) is 1. The van der Waals surface area contributed by atoms with Crippen molar-refractivity contribution in [1.82, 2.24) is 5.32 Å². The van der Waals surface area contributed by atoms with E-state index in [2.05, 4.69) is 24.4 Å². The van der Waals surface area contributed by atoms with Gasteiger partial charge in [0.05, 0.1) is 17.4 Å². The summed E-state index contributed by atoms with van der Waals surface area (Å²) in [7, 11) is -3.21. The molecular weight excluding hydrogens is 346 g/mol. The van der Waals surface area contributed by atoms with Crippen LogP contribution in [-0.4, -0.2) is 20.6 Å². The van der Waals surface area contributed by atoms with E-state index < -0.39 is 9.84 Å². The second-order valence-corrected chi connectivity index (χ2v) is 8.74. The molecular formula is C21H27NO3S. The van der Waals surface area contributed by atoms with Gasteiger partial charge >= 0.3 is 0 Å². The summed E-state index contributed by atoms with van der Waals surface area (Å²) in [4.78, 5) is 12.6. The molecule has 4 nitrogen and oxygen atoms in total. The highest BCUT2D eigenvalue weighted by molar-refractivity contribution is 7.90. The Morgan fingerprint density at radius 3 is 2.12 bits per heavy atom. The van der Waals surface area contributed by atoms with Crippen LogP contribution < -0.4 is 5.32 Å². The van der Waals surface area contributed by atoms with E-state index in [1.807, 2.05) is 19.1 Å². The highest BCUT2D eigenvalue weighted by atomic mass is 32.2. The maximum atomic E-state index is 12.3. The second kappa shape index (κ2) is 8.99. The number of hydrogen-bond donors (Lipinski definition) is 1. The fourth-order valence-corrected chi connectivity index (χ4v) is 3.40. The van der Waals surface area contributed by atoms with Gasteiger partial charge in [0, 0.05) is 6.26 Å². The topological polar surface area (TPSA) is 63.2 Å². The van der Waals surface area contributed by atoms with E-state index in [-0.39, 0.29) is 16.8 Å². The highest BCUT2D eigenvalue weighted by Gasteiger charge is 2.12. The minimum Gasteiger partial charge on any atom is -0.349 e. The van der Waals surface area contributed by atoms with E-state index in [1.54, 1.807) is 24.3 Å². The Labute approximate surface area is 156 Å². The Balaban J connectivity index is 1.92. The van der Waals surface area contributed by atoms with Crippen molar-refractivity contribution in [1.29, 1.82) is 0 Å². The summed E-state index contributed by atoms with van der Waals surface area (Å²) in [6.45, 7) is 4.07. The van der Waals surface area contributed by atoms with Crippen LogP contribution in [0.25, 0.3) is 0 Å². The van der Waals surface area contributed by atoms with Crippen molar-refractivity contribution in [3.8, 4) is 0 Å². The fourth-order valence-electron chi connectivity index (χ4n) is 2.77. The Morgan fingerprint density at radius 1 is 1.00 bits per heavy atom. The van der Waals surface area contributed by atoms with Crippen molar-refractivity contribution >= 4 is 15.7 Å². The van der Waals surface area contributed by atoms with Gasteiger partial charge in [-0.3, -0.25) is 4.79 Å². The van der Waals surface area contributed by atoms with Crippen LogP contribution in [0.15, 0.2) is 53.4 Å². The largest absolute Gasteiger partial charge is 0.349 e. The lowest BCUT2D eigenvalue weighted by molar-refractivity contribution is -0.121. The summed E-state index contributed by atoms with van der Waals surface area (Å²) < 4.78 is 23.0. The number of aryl methyl sites for hydroxylation is 1. The summed E-state index contributed by atoms with van der Waals surface area (Å²) in [5.41, 5.74) is 3.17. The van der Waals surface area contributed by atoms with E-state index in [9.17, 15) is 13.2 Å². The Kier molecular flexibility index (Phi) is 6.98. The molecule has 5 heteroatoms. The highest BCUT2D eigenvalue weighted by Crippen LogP contribution is 2.16. The van der Waals surface area contributed by atoms with Gasteiger partial charge in [-0.05, 0) is 48.6 Å². The predicted molar refractivity (Wildman–Crippen MR) is 105 cm³/mol. The lowest BCUT2D eigenvalue weighted by atomic mass is 10.0. The van der Waals surface area contributed by atoms with Gasteiger partial charge < -0.3 is 5.32 Å². The summed E-state index contributed by atoms with van der Waals surface area (Å²) in [5, 5.41) is 2.96. The predicted octanol–water partition coefficient (Wildman–Crippen LogP) is 3.85. The third-order valence-electron chi connectivity index (χ3n) is 4.39. The molecule has 2 aromatic carbocycles. The maximum absolute atomic E-state index is 12.3. The smallest absolute Gasteiger partial charge is 0.224 e. The van der Waals surface area contributed by atoms with Crippen LogP contribution in [-0.2, 0) is 27.5 Å².